The number of carbonyl (C=O) groups is 1. The van der Waals surface area contributed by atoms with Gasteiger partial charge in [0.05, 0.1) is 26.3 Å². The molecule has 3 fully saturated rings. The van der Waals surface area contributed by atoms with Crippen molar-refractivity contribution >= 4 is 19.2 Å². The molecule has 44 heavy (non-hydrogen) atoms. The molecule has 0 unspecified atom stereocenters. The molecule has 2 N–H and O–H groups in total. The topological polar surface area (TPSA) is 97.7 Å². The first-order valence-corrected chi connectivity index (χ1v) is 18.9. The molecule has 0 aromatic heterocycles. The van der Waals surface area contributed by atoms with E-state index in [0.717, 1.165) is 25.7 Å². The van der Waals surface area contributed by atoms with Gasteiger partial charge in [-0.1, -0.05) is 115 Å². The second-order valence-corrected chi connectivity index (χ2v) is 17.5. The summed E-state index contributed by atoms with van der Waals surface area (Å²) in [5.74, 6) is -0.197. The number of ether oxygens (including phenoxy) is 2. The van der Waals surface area contributed by atoms with Crippen molar-refractivity contribution in [2.75, 3.05) is 6.61 Å². The molecule has 8 nitrogen and oxygen atoms in total. The number of fused-ring (bicyclic) bond motifs is 1. The van der Waals surface area contributed by atoms with E-state index < -0.39 is 51.3 Å². The van der Waals surface area contributed by atoms with Gasteiger partial charge in [0.1, 0.15) is 24.4 Å². The van der Waals surface area contributed by atoms with Crippen LogP contribution in [0.2, 0.25) is 18.6 Å². The van der Waals surface area contributed by atoms with Gasteiger partial charge in [-0.05, 0) is 30.5 Å². The summed E-state index contributed by atoms with van der Waals surface area (Å²) >= 11 is 0. The van der Waals surface area contributed by atoms with Gasteiger partial charge in [0.2, 0.25) is 0 Å². The molecule has 2 heterocycles. The van der Waals surface area contributed by atoms with Gasteiger partial charge in [-0.3, -0.25) is 4.84 Å². The van der Waals surface area contributed by atoms with Crippen LogP contribution in [0.4, 0.5) is 0 Å². The summed E-state index contributed by atoms with van der Waals surface area (Å²) in [4.78, 5) is 26.3. The van der Waals surface area contributed by atoms with E-state index in [9.17, 15) is 15.0 Å². The van der Waals surface area contributed by atoms with Gasteiger partial charge in [-0.25, -0.2) is 9.63 Å². The molecule has 6 rings (SSSR count). The third-order valence-corrected chi connectivity index (χ3v) is 13.8. The van der Waals surface area contributed by atoms with Crippen LogP contribution in [0.3, 0.4) is 0 Å². The monoisotopic (exact) mass is 617 g/mol. The molecule has 2 saturated heterocycles. The van der Waals surface area contributed by atoms with Crippen LogP contribution in [-0.4, -0.2) is 72.8 Å². The standard InChI is InChI=1S/C35H43NO7Si/c1-44(2,26-18-10-5-11-19-26)34-32-30(41-35(39)25-16-8-4-9-17-25)22-31(42-36(32)43-33(34)28(38)23-37)40-29-21-13-12-20-27(29)24-14-6-3-7-15-24/h3-11,14-19,27-34,37-38H,12-13,20-23H2,1-2H3/t27-,28+,29+,30-,31-,32-,33-,34-/m1/s1. The molecule has 0 bridgehead atoms. The normalized spacial score (nSPS) is 30.0. The fourth-order valence-electron chi connectivity index (χ4n) is 7.36. The maximum atomic E-state index is 13.5. The fourth-order valence-corrected chi connectivity index (χ4v) is 11.1. The number of hydroxylamine groups is 2. The first kappa shape index (κ1) is 31.1. The average Bonchev–Trinajstić information content (AvgIpc) is 3.47. The van der Waals surface area contributed by atoms with Crippen molar-refractivity contribution in [3.63, 3.8) is 0 Å². The summed E-state index contributed by atoms with van der Waals surface area (Å²) in [5, 5.41) is 23.7. The zero-order valence-electron chi connectivity index (χ0n) is 25.4. The van der Waals surface area contributed by atoms with E-state index in [0.29, 0.717) is 12.0 Å². The van der Waals surface area contributed by atoms with Crippen molar-refractivity contribution in [2.45, 2.75) is 93.4 Å². The predicted molar refractivity (Wildman–Crippen MR) is 169 cm³/mol. The van der Waals surface area contributed by atoms with Gasteiger partial charge in [-0.2, -0.15) is 0 Å². The maximum Gasteiger partial charge on any atom is 0.338 e. The summed E-state index contributed by atoms with van der Waals surface area (Å²) in [7, 11) is -2.44. The maximum absolute atomic E-state index is 13.5. The molecule has 1 saturated carbocycles. The van der Waals surface area contributed by atoms with Crippen LogP contribution in [0.5, 0.6) is 0 Å². The van der Waals surface area contributed by atoms with Crippen molar-refractivity contribution in [1.29, 1.82) is 0 Å². The number of benzene rings is 3. The van der Waals surface area contributed by atoms with Crippen LogP contribution < -0.4 is 5.19 Å². The number of esters is 1. The third kappa shape index (κ3) is 6.41. The second-order valence-electron chi connectivity index (χ2n) is 12.8. The summed E-state index contributed by atoms with van der Waals surface area (Å²) in [6.07, 6.45) is 1.13. The lowest BCUT2D eigenvalue weighted by Crippen LogP contribution is -2.59. The smallest absolute Gasteiger partial charge is 0.338 e. The third-order valence-electron chi connectivity index (χ3n) is 9.66. The lowest BCUT2D eigenvalue weighted by Gasteiger charge is -2.44. The lowest BCUT2D eigenvalue weighted by molar-refractivity contribution is -0.451. The van der Waals surface area contributed by atoms with Crippen molar-refractivity contribution in [3.05, 3.63) is 102 Å². The molecule has 234 valence electrons. The molecule has 3 aliphatic rings. The molecule has 2 aliphatic heterocycles. The first-order chi connectivity index (χ1) is 21.4. The summed E-state index contributed by atoms with van der Waals surface area (Å²) in [6, 6.07) is 29.1. The number of carbonyl (C=O) groups excluding carboxylic acids is 1. The minimum atomic E-state index is -2.44. The molecule has 0 amide bonds. The van der Waals surface area contributed by atoms with E-state index in [1.165, 1.54) is 16.0 Å². The van der Waals surface area contributed by atoms with Gasteiger partial charge in [0.15, 0.2) is 6.29 Å². The van der Waals surface area contributed by atoms with Crippen LogP contribution in [0, 0.1) is 0 Å². The Kier molecular flexibility index (Phi) is 9.63. The molecule has 1 aliphatic carbocycles. The highest BCUT2D eigenvalue weighted by Gasteiger charge is 2.61. The predicted octanol–water partition coefficient (Wildman–Crippen LogP) is 4.94. The highest BCUT2D eigenvalue weighted by atomic mass is 28.3. The number of hydrogen-bond donors (Lipinski definition) is 2. The molecule has 0 spiro atoms. The van der Waals surface area contributed by atoms with E-state index in [4.69, 9.17) is 19.1 Å². The fraction of sp³-hybridized carbons (Fsp3) is 0.457. The SMILES string of the molecule is C[Si](C)(c1ccccc1)[C@H]1[C@@H]([C@@H](O)CO)ON2O[C@@H](O[C@H]3CCCC[C@@H]3c3ccccc3)C[C@@H](OC(=O)c3ccccc3)[C@H]12. The van der Waals surface area contributed by atoms with Crippen LogP contribution in [0.25, 0.3) is 0 Å². The van der Waals surface area contributed by atoms with Gasteiger partial charge in [-0.15, -0.1) is 0 Å². The van der Waals surface area contributed by atoms with E-state index in [-0.39, 0.29) is 17.6 Å². The number of nitrogens with zero attached hydrogens (tertiary/aromatic N) is 1. The lowest BCUT2D eigenvalue weighted by atomic mass is 9.81. The average molecular weight is 618 g/mol. The Morgan fingerprint density at radius 2 is 1.55 bits per heavy atom. The van der Waals surface area contributed by atoms with Gasteiger partial charge in [0, 0.05) is 17.9 Å². The summed E-state index contributed by atoms with van der Waals surface area (Å²) in [5.41, 5.74) is 1.44. The number of aliphatic hydroxyl groups is 2. The molecule has 9 heteroatoms. The van der Waals surface area contributed by atoms with Crippen molar-refractivity contribution in [2.24, 2.45) is 0 Å². The van der Waals surface area contributed by atoms with E-state index in [1.807, 2.05) is 42.5 Å². The largest absolute Gasteiger partial charge is 0.457 e. The molecular formula is C35H43NO7Si. The Labute approximate surface area is 260 Å². The molecule has 3 aromatic carbocycles. The summed E-state index contributed by atoms with van der Waals surface area (Å²) in [6.45, 7) is 3.99. The Balaban J connectivity index is 1.32. The molecular weight excluding hydrogens is 574 g/mol. The Hall–Kier alpha value is -2.89. The van der Waals surface area contributed by atoms with Gasteiger partial charge < -0.3 is 19.7 Å². The van der Waals surface area contributed by atoms with Crippen molar-refractivity contribution in [1.82, 2.24) is 5.23 Å². The van der Waals surface area contributed by atoms with Crippen molar-refractivity contribution in [3.8, 4) is 0 Å². The van der Waals surface area contributed by atoms with Crippen molar-refractivity contribution < 1.29 is 34.2 Å². The Bertz CT molecular complexity index is 1360. The number of aliphatic hydroxyl groups excluding tert-OH is 2. The minimum absolute atomic E-state index is 0.0643. The van der Waals surface area contributed by atoms with Crippen LogP contribution in [0.1, 0.15) is 53.9 Å². The first-order valence-electron chi connectivity index (χ1n) is 15.8. The molecule has 0 radical (unpaired) electrons. The molecule has 3 aromatic rings. The Morgan fingerprint density at radius 1 is 0.909 bits per heavy atom. The highest BCUT2D eigenvalue weighted by molar-refractivity contribution is 6.91. The van der Waals surface area contributed by atoms with Gasteiger partial charge >= 0.3 is 5.97 Å². The Morgan fingerprint density at radius 3 is 2.23 bits per heavy atom. The van der Waals surface area contributed by atoms with Crippen LogP contribution in [-0.2, 0) is 19.1 Å². The van der Waals surface area contributed by atoms with Crippen LogP contribution >= 0.6 is 0 Å². The highest BCUT2D eigenvalue weighted by Crippen LogP contribution is 2.48. The second kappa shape index (κ2) is 13.6. The van der Waals surface area contributed by atoms with Gasteiger partial charge in [0.25, 0.3) is 0 Å². The zero-order chi connectivity index (χ0) is 30.7. The zero-order valence-corrected chi connectivity index (χ0v) is 26.4. The molecule has 8 atom stereocenters. The summed E-state index contributed by atoms with van der Waals surface area (Å²) < 4.78 is 13.0. The number of hydrogen-bond acceptors (Lipinski definition) is 8. The van der Waals surface area contributed by atoms with Crippen LogP contribution in [0.15, 0.2) is 91.0 Å². The number of rotatable bonds is 9. The quantitative estimate of drug-likeness (QED) is 0.258. The van der Waals surface area contributed by atoms with E-state index >= 15 is 0 Å². The van der Waals surface area contributed by atoms with E-state index in [2.05, 4.69) is 49.5 Å². The van der Waals surface area contributed by atoms with E-state index in [1.54, 1.807) is 12.1 Å². The minimum Gasteiger partial charge on any atom is -0.457 e.